The van der Waals surface area contributed by atoms with Crippen molar-refractivity contribution < 1.29 is 9.21 Å². The van der Waals surface area contributed by atoms with Crippen molar-refractivity contribution in [2.75, 3.05) is 5.75 Å². The molecule has 136 valence electrons. The summed E-state index contributed by atoms with van der Waals surface area (Å²) in [4.78, 5) is 12.2. The van der Waals surface area contributed by atoms with Gasteiger partial charge in [0.25, 0.3) is 5.22 Å². The van der Waals surface area contributed by atoms with Gasteiger partial charge in [0.05, 0.1) is 5.75 Å². The highest BCUT2D eigenvalue weighted by Crippen LogP contribution is 2.27. The molecular formula is C18H24ClN3O2S. The number of amides is 1. The van der Waals surface area contributed by atoms with E-state index in [9.17, 15) is 4.79 Å². The molecule has 1 amide bonds. The lowest BCUT2D eigenvalue weighted by molar-refractivity contribution is -0.120. The van der Waals surface area contributed by atoms with Crippen molar-refractivity contribution in [3.05, 3.63) is 29.3 Å². The average molecular weight is 382 g/mol. The van der Waals surface area contributed by atoms with Gasteiger partial charge in [-0.15, -0.1) is 10.2 Å². The molecule has 1 aromatic heterocycles. The minimum Gasteiger partial charge on any atom is -0.411 e. The molecule has 0 aliphatic carbocycles. The zero-order chi connectivity index (χ0) is 18.7. The van der Waals surface area contributed by atoms with Crippen molar-refractivity contribution in [3.63, 3.8) is 0 Å². The molecule has 0 fully saturated rings. The van der Waals surface area contributed by atoms with Crippen LogP contribution in [-0.4, -0.2) is 27.4 Å². The van der Waals surface area contributed by atoms with Crippen LogP contribution in [-0.2, 0) is 4.79 Å². The van der Waals surface area contributed by atoms with E-state index in [1.54, 1.807) is 12.1 Å². The summed E-state index contributed by atoms with van der Waals surface area (Å²) in [6.07, 6.45) is 0.887. The second-order valence-corrected chi connectivity index (χ2v) is 9.20. The van der Waals surface area contributed by atoms with E-state index in [1.165, 1.54) is 11.8 Å². The van der Waals surface area contributed by atoms with Gasteiger partial charge in [0.2, 0.25) is 11.8 Å². The van der Waals surface area contributed by atoms with E-state index in [2.05, 4.69) is 36.3 Å². The van der Waals surface area contributed by atoms with E-state index in [1.807, 2.05) is 26.0 Å². The number of thioether (sulfide) groups is 1. The Morgan fingerprint density at radius 2 is 1.80 bits per heavy atom. The van der Waals surface area contributed by atoms with Crippen molar-refractivity contribution >= 4 is 29.3 Å². The van der Waals surface area contributed by atoms with Crippen LogP contribution >= 0.6 is 23.4 Å². The fraction of sp³-hybridized carbons (Fsp3) is 0.500. The molecule has 0 atom stereocenters. The van der Waals surface area contributed by atoms with Gasteiger partial charge in [0.1, 0.15) is 0 Å². The van der Waals surface area contributed by atoms with Crippen molar-refractivity contribution in [1.29, 1.82) is 0 Å². The Labute approximate surface area is 157 Å². The highest BCUT2D eigenvalue weighted by Gasteiger charge is 2.27. The first-order valence-electron chi connectivity index (χ1n) is 8.07. The van der Waals surface area contributed by atoms with Crippen LogP contribution in [0.5, 0.6) is 0 Å². The summed E-state index contributed by atoms with van der Waals surface area (Å²) in [6, 6.07) is 7.15. The zero-order valence-corrected chi connectivity index (χ0v) is 16.8. The molecule has 7 heteroatoms. The number of nitrogens with one attached hydrogen (secondary N) is 1. The number of rotatable bonds is 6. The smallest absolute Gasteiger partial charge is 0.277 e. The third kappa shape index (κ3) is 6.71. The first-order chi connectivity index (χ1) is 11.5. The highest BCUT2D eigenvalue weighted by molar-refractivity contribution is 7.99. The van der Waals surface area contributed by atoms with Gasteiger partial charge in [0, 0.05) is 16.1 Å². The molecule has 1 heterocycles. The normalized spacial score (nSPS) is 12.2. The third-order valence-corrected chi connectivity index (χ3v) is 4.34. The topological polar surface area (TPSA) is 68.0 Å². The lowest BCUT2D eigenvalue weighted by Crippen LogP contribution is -2.46. The molecule has 1 N–H and O–H groups in total. The van der Waals surface area contributed by atoms with Crippen molar-refractivity contribution in [2.45, 2.75) is 51.8 Å². The molecule has 0 aliphatic heterocycles. The van der Waals surface area contributed by atoms with Crippen LogP contribution in [0.3, 0.4) is 0 Å². The Morgan fingerprint density at radius 3 is 2.40 bits per heavy atom. The molecule has 0 saturated carbocycles. The lowest BCUT2D eigenvalue weighted by atomic mass is 9.82. The van der Waals surface area contributed by atoms with Gasteiger partial charge in [-0.2, -0.15) is 0 Å². The predicted molar refractivity (Wildman–Crippen MR) is 102 cm³/mol. The van der Waals surface area contributed by atoms with Crippen LogP contribution in [0.4, 0.5) is 0 Å². The summed E-state index contributed by atoms with van der Waals surface area (Å²) < 4.78 is 5.59. The molecule has 25 heavy (non-hydrogen) atoms. The van der Waals surface area contributed by atoms with Gasteiger partial charge >= 0.3 is 0 Å². The van der Waals surface area contributed by atoms with Crippen molar-refractivity contribution in [1.82, 2.24) is 15.5 Å². The van der Waals surface area contributed by atoms with Crippen LogP contribution in [0.15, 0.2) is 33.9 Å². The lowest BCUT2D eigenvalue weighted by Gasteiger charge is -2.33. The van der Waals surface area contributed by atoms with Gasteiger partial charge in [-0.25, -0.2) is 0 Å². The first-order valence-corrected chi connectivity index (χ1v) is 9.44. The molecule has 0 saturated heterocycles. The summed E-state index contributed by atoms with van der Waals surface area (Å²) in [6.45, 7) is 10.5. The van der Waals surface area contributed by atoms with Gasteiger partial charge in [-0.1, -0.05) is 44.1 Å². The third-order valence-electron chi connectivity index (χ3n) is 3.27. The quantitative estimate of drug-likeness (QED) is 0.727. The number of hydrogen-bond acceptors (Lipinski definition) is 5. The second-order valence-electron chi connectivity index (χ2n) is 7.84. The standard InChI is InChI=1S/C18H24ClN3O2S/c1-17(2,3)11-18(4,5)20-14(23)10-25-16-22-21-15(24-16)12-6-8-13(19)9-7-12/h6-9H,10-11H2,1-5H3,(H,20,23). The zero-order valence-electron chi connectivity index (χ0n) is 15.2. The Morgan fingerprint density at radius 1 is 1.16 bits per heavy atom. The fourth-order valence-electron chi connectivity index (χ4n) is 2.89. The Hall–Kier alpha value is -1.53. The number of nitrogens with zero attached hydrogens (tertiary/aromatic N) is 2. The van der Waals surface area contributed by atoms with Gasteiger partial charge in [-0.3, -0.25) is 4.79 Å². The summed E-state index contributed by atoms with van der Waals surface area (Å²) in [5.74, 6) is 0.591. The molecule has 2 rings (SSSR count). The number of halogens is 1. The van der Waals surface area contributed by atoms with Gasteiger partial charge in [0.15, 0.2) is 0 Å². The van der Waals surface area contributed by atoms with E-state index in [0.717, 1.165) is 12.0 Å². The molecule has 0 unspecified atom stereocenters. The minimum atomic E-state index is -0.265. The molecule has 0 spiro atoms. The fourth-order valence-corrected chi connectivity index (χ4v) is 3.58. The first kappa shape index (κ1) is 19.8. The van der Waals surface area contributed by atoms with E-state index >= 15 is 0 Å². The summed E-state index contributed by atoms with van der Waals surface area (Å²) >= 11 is 7.09. The van der Waals surface area contributed by atoms with Gasteiger partial charge in [-0.05, 0) is 49.9 Å². The number of hydrogen-bond donors (Lipinski definition) is 1. The number of benzene rings is 1. The van der Waals surface area contributed by atoms with Crippen molar-refractivity contribution in [3.8, 4) is 11.5 Å². The molecule has 0 bridgehead atoms. The number of aromatic nitrogens is 2. The van der Waals surface area contributed by atoms with Crippen LogP contribution in [0.2, 0.25) is 5.02 Å². The Balaban J connectivity index is 1.89. The predicted octanol–water partition coefficient (Wildman–Crippen LogP) is 4.81. The SMILES string of the molecule is CC(C)(C)CC(C)(C)NC(=O)CSc1nnc(-c2ccc(Cl)cc2)o1. The molecule has 0 aliphatic rings. The number of carbonyl (C=O) groups is 1. The van der Waals surface area contributed by atoms with E-state index in [0.29, 0.717) is 16.1 Å². The molecular weight excluding hydrogens is 358 g/mol. The summed E-state index contributed by atoms with van der Waals surface area (Å²) in [5.41, 5.74) is 0.669. The Bertz CT molecular complexity index is 721. The van der Waals surface area contributed by atoms with Crippen LogP contribution in [0, 0.1) is 5.41 Å². The van der Waals surface area contributed by atoms with Crippen LogP contribution < -0.4 is 5.32 Å². The Kier molecular flexibility index (Phi) is 6.16. The molecule has 0 radical (unpaired) electrons. The summed E-state index contributed by atoms with van der Waals surface area (Å²) in [5, 5.41) is 12.1. The van der Waals surface area contributed by atoms with Crippen LogP contribution in [0.1, 0.15) is 41.0 Å². The second kappa shape index (κ2) is 7.79. The van der Waals surface area contributed by atoms with Crippen molar-refractivity contribution in [2.24, 2.45) is 5.41 Å². The maximum atomic E-state index is 12.2. The minimum absolute atomic E-state index is 0.0505. The molecule has 2 aromatic rings. The van der Waals surface area contributed by atoms with E-state index in [4.69, 9.17) is 16.0 Å². The summed E-state index contributed by atoms with van der Waals surface area (Å²) in [7, 11) is 0. The number of carbonyl (C=O) groups excluding carboxylic acids is 1. The highest BCUT2D eigenvalue weighted by atomic mass is 35.5. The van der Waals surface area contributed by atoms with Crippen LogP contribution in [0.25, 0.3) is 11.5 Å². The average Bonchev–Trinajstić information content (AvgIpc) is 2.91. The molecule has 5 nitrogen and oxygen atoms in total. The largest absolute Gasteiger partial charge is 0.411 e. The maximum Gasteiger partial charge on any atom is 0.277 e. The van der Waals surface area contributed by atoms with E-state index < -0.39 is 0 Å². The van der Waals surface area contributed by atoms with E-state index in [-0.39, 0.29) is 22.6 Å². The molecule has 1 aromatic carbocycles. The van der Waals surface area contributed by atoms with Gasteiger partial charge < -0.3 is 9.73 Å². The maximum absolute atomic E-state index is 12.2. The monoisotopic (exact) mass is 381 g/mol.